The molecule has 1 fully saturated rings. The summed E-state index contributed by atoms with van der Waals surface area (Å²) < 4.78 is 13.1. The number of amidine groups is 1. The van der Waals surface area contributed by atoms with Crippen LogP contribution >= 0.6 is 0 Å². The number of carbonyl (C=O) groups excluding carboxylic acids is 1. The van der Waals surface area contributed by atoms with E-state index in [4.69, 9.17) is 11.1 Å². The molecule has 0 unspecified atom stereocenters. The highest BCUT2D eigenvalue weighted by Gasteiger charge is 2.25. The Morgan fingerprint density at radius 3 is 2.69 bits per heavy atom. The topological polar surface area (TPSA) is 147 Å². The van der Waals surface area contributed by atoms with Crippen LogP contribution in [0.2, 0.25) is 0 Å². The van der Waals surface area contributed by atoms with Crippen molar-refractivity contribution in [3.05, 3.63) is 41.4 Å². The first-order valence-corrected chi connectivity index (χ1v) is 8.78. The Labute approximate surface area is 166 Å². The first-order valence-electron chi connectivity index (χ1n) is 8.78. The molecule has 3 heterocycles. The average Bonchev–Trinajstić information content (AvgIpc) is 2.70. The first-order chi connectivity index (χ1) is 13.9. The van der Waals surface area contributed by atoms with E-state index in [1.165, 1.54) is 12.4 Å². The van der Waals surface area contributed by atoms with E-state index in [2.05, 4.69) is 31.6 Å². The summed E-state index contributed by atoms with van der Waals surface area (Å²) in [7, 11) is 2.01. The number of allylic oxidation sites excluding steroid dienone is 1. The first kappa shape index (κ1) is 20.0. The van der Waals surface area contributed by atoms with Gasteiger partial charge >= 0.3 is 0 Å². The summed E-state index contributed by atoms with van der Waals surface area (Å²) in [5, 5.41) is 22.4. The van der Waals surface area contributed by atoms with E-state index < -0.39 is 17.6 Å². The zero-order valence-electron chi connectivity index (χ0n) is 15.7. The molecule has 0 bridgehead atoms. The molecule has 0 radical (unpaired) electrons. The molecule has 0 aromatic carbocycles. The molecule has 2 aliphatic rings. The third-order valence-electron chi connectivity index (χ3n) is 4.50. The number of pyridine rings is 1. The van der Waals surface area contributed by atoms with E-state index in [9.17, 15) is 14.4 Å². The van der Waals surface area contributed by atoms with Gasteiger partial charge in [0.25, 0.3) is 5.91 Å². The number of nitrogens with one attached hydrogen (secondary N) is 3. The summed E-state index contributed by atoms with van der Waals surface area (Å²) in [6.07, 6.45) is 4.79. The van der Waals surface area contributed by atoms with E-state index in [0.717, 1.165) is 25.5 Å². The third-order valence-corrected chi connectivity index (χ3v) is 4.50. The van der Waals surface area contributed by atoms with Crippen LogP contribution in [0.1, 0.15) is 5.56 Å². The summed E-state index contributed by atoms with van der Waals surface area (Å²) in [5.74, 6) is -1.94. The quantitative estimate of drug-likeness (QED) is 0.324. The molecule has 11 heteroatoms. The number of nitriles is 1. The van der Waals surface area contributed by atoms with E-state index in [0.29, 0.717) is 30.0 Å². The summed E-state index contributed by atoms with van der Waals surface area (Å²) in [6, 6.07) is 2.10. The molecule has 1 saturated heterocycles. The maximum absolute atomic E-state index is 13.1. The van der Waals surface area contributed by atoms with Crippen LogP contribution in [0, 0.1) is 16.7 Å². The number of hydrogen-bond acceptors (Lipinski definition) is 8. The van der Waals surface area contributed by atoms with Gasteiger partial charge in [0.15, 0.2) is 5.83 Å². The zero-order chi connectivity index (χ0) is 21.0. The van der Waals surface area contributed by atoms with Gasteiger partial charge in [-0.2, -0.15) is 5.26 Å². The number of amides is 1. The molecule has 150 valence electrons. The second-order valence-electron chi connectivity index (χ2n) is 6.51. The van der Waals surface area contributed by atoms with Crippen molar-refractivity contribution in [3.8, 4) is 6.07 Å². The molecular weight excluding hydrogens is 377 g/mol. The van der Waals surface area contributed by atoms with Crippen molar-refractivity contribution in [2.24, 2.45) is 10.7 Å². The van der Waals surface area contributed by atoms with Crippen molar-refractivity contribution >= 4 is 29.3 Å². The summed E-state index contributed by atoms with van der Waals surface area (Å²) in [6.45, 7) is 2.96. The molecule has 1 aromatic rings. The lowest BCUT2D eigenvalue weighted by Gasteiger charge is -2.35. The van der Waals surface area contributed by atoms with Gasteiger partial charge in [0.05, 0.1) is 29.3 Å². The van der Waals surface area contributed by atoms with Crippen molar-refractivity contribution in [2.45, 2.75) is 0 Å². The van der Waals surface area contributed by atoms with Crippen LogP contribution < -0.4 is 21.3 Å². The van der Waals surface area contributed by atoms with E-state index in [1.807, 2.05) is 11.9 Å². The van der Waals surface area contributed by atoms with Gasteiger partial charge < -0.3 is 26.2 Å². The number of likely N-dealkylation sites (N-methyl/N-ethyl adjacent to an activating group) is 1. The number of rotatable bonds is 4. The van der Waals surface area contributed by atoms with Crippen molar-refractivity contribution < 1.29 is 9.18 Å². The van der Waals surface area contributed by atoms with Gasteiger partial charge in [0.1, 0.15) is 23.3 Å². The van der Waals surface area contributed by atoms with Crippen LogP contribution in [-0.2, 0) is 4.79 Å². The molecule has 0 atom stereocenters. The Kier molecular flexibility index (Phi) is 5.85. The zero-order valence-corrected chi connectivity index (χ0v) is 15.7. The Morgan fingerprint density at radius 1 is 1.38 bits per heavy atom. The van der Waals surface area contributed by atoms with Gasteiger partial charge in [-0.1, -0.05) is 0 Å². The van der Waals surface area contributed by atoms with Crippen LogP contribution in [0.5, 0.6) is 0 Å². The Bertz CT molecular complexity index is 968. The number of hydrogen-bond donors (Lipinski definition) is 4. The minimum atomic E-state index is -0.722. The van der Waals surface area contributed by atoms with Crippen LogP contribution in [0.25, 0.3) is 0 Å². The third kappa shape index (κ3) is 4.39. The smallest absolute Gasteiger partial charge is 0.263 e. The number of aliphatic imine (C=N–C) groups is 1. The molecule has 0 aliphatic carbocycles. The maximum Gasteiger partial charge on any atom is 0.263 e. The molecule has 0 spiro atoms. The normalized spacial score (nSPS) is 18.4. The maximum atomic E-state index is 13.1. The number of carbonyl (C=O) groups is 1. The van der Waals surface area contributed by atoms with Gasteiger partial charge in [-0.3, -0.25) is 15.2 Å². The number of aromatic nitrogens is 1. The highest BCUT2D eigenvalue weighted by molar-refractivity contribution is 6.24. The fraction of sp³-hybridized carbons (Fsp3) is 0.278. The number of nitrogens with two attached hydrogens (primary N) is 1. The fourth-order valence-electron chi connectivity index (χ4n) is 3.01. The molecule has 1 aromatic heterocycles. The number of piperazine rings is 1. The molecule has 3 rings (SSSR count). The lowest BCUT2D eigenvalue weighted by Crippen LogP contribution is -2.45. The molecular formula is C18H20FN9O. The van der Waals surface area contributed by atoms with E-state index in [-0.39, 0.29) is 11.4 Å². The Balaban J connectivity index is 1.94. The van der Waals surface area contributed by atoms with Gasteiger partial charge in [-0.05, 0) is 7.05 Å². The van der Waals surface area contributed by atoms with Gasteiger partial charge in [-0.15, -0.1) is 0 Å². The van der Waals surface area contributed by atoms with Crippen molar-refractivity contribution in [1.29, 1.82) is 10.7 Å². The van der Waals surface area contributed by atoms with Crippen LogP contribution in [0.4, 0.5) is 15.8 Å². The standard InChI is InChI=1S/C18H20FN9O/c1-27-2-4-28(5-3-27)15-11(6-20)7-23-10-13(15)26-18(29)14(16(21)22)17-24-8-12(19)9-25-17/h7-10,24H,2-5H2,1H3,(H3,21,22)(H,26,29)/b17-14-. The van der Waals surface area contributed by atoms with Crippen molar-refractivity contribution in [3.63, 3.8) is 0 Å². The predicted octanol–water partition coefficient (Wildman–Crippen LogP) is 0.276. The van der Waals surface area contributed by atoms with Crippen LogP contribution in [0.15, 0.2) is 40.8 Å². The molecule has 29 heavy (non-hydrogen) atoms. The van der Waals surface area contributed by atoms with Crippen LogP contribution in [-0.4, -0.2) is 61.1 Å². The molecule has 2 aliphatic heterocycles. The van der Waals surface area contributed by atoms with E-state index >= 15 is 0 Å². The molecule has 0 saturated carbocycles. The monoisotopic (exact) mass is 397 g/mol. The summed E-state index contributed by atoms with van der Waals surface area (Å²) in [5.41, 5.74) is 6.51. The molecule has 10 nitrogen and oxygen atoms in total. The average molecular weight is 397 g/mol. The SMILES string of the molecule is CN1CCN(c2c(C#N)cncc2NC(=O)/C(C(=N)N)=C2\N=CC(F)=CN2)CC1. The van der Waals surface area contributed by atoms with Gasteiger partial charge in [0.2, 0.25) is 0 Å². The minimum Gasteiger partial charge on any atom is -0.383 e. The Morgan fingerprint density at radius 2 is 2.10 bits per heavy atom. The number of halogens is 1. The minimum absolute atomic E-state index is 0.0538. The number of nitrogens with zero attached hydrogens (tertiary/aromatic N) is 5. The summed E-state index contributed by atoms with van der Waals surface area (Å²) >= 11 is 0. The van der Waals surface area contributed by atoms with Crippen molar-refractivity contribution in [1.82, 2.24) is 15.2 Å². The summed E-state index contributed by atoms with van der Waals surface area (Å²) in [4.78, 5) is 24.8. The molecule has 5 N–H and O–H groups in total. The van der Waals surface area contributed by atoms with Crippen molar-refractivity contribution in [2.75, 3.05) is 43.4 Å². The fourth-order valence-corrected chi connectivity index (χ4v) is 3.01. The van der Waals surface area contributed by atoms with Gasteiger partial charge in [0, 0.05) is 38.6 Å². The lowest BCUT2D eigenvalue weighted by molar-refractivity contribution is -0.112. The predicted molar refractivity (Wildman–Crippen MR) is 107 cm³/mol. The molecule has 1 amide bonds. The van der Waals surface area contributed by atoms with E-state index in [1.54, 1.807) is 0 Å². The van der Waals surface area contributed by atoms with Gasteiger partial charge in [-0.25, -0.2) is 9.38 Å². The van der Waals surface area contributed by atoms with Crippen LogP contribution in [0.3, 0.4) is 0 Å². The second kappa shape index (κ2) is 8.49. The highest BCUT2D eigenvalue weighted by atomic mass is 19.1. The lowest BCUT2D eigenvalue weighted by atomic mass is 10.1. The highest BCUT2D eigenvalue weighted by Crippen LogP contribution is 2.30. The largest absolute Gasteiger partial charge is 0.383 e. The number of anilines is 2. The second-order valence-corrected chi connectivity index (χ2v) is 6.51. The Hall–Kier alpha value is -3.78.